The summed E-state index contributed by atoms with van der Waals surface area (Å²) in [6.45, 7) is 4.58. The zero-order valence-electron chi connectivity index (χ0n) is 21.5. The first-order chi connectivity index (χ1) is 17.3. The third kappa shape index (κ3) is 7.56. The molecular formula is C25H33Cl2FN4O4S. The van der Waals surface area contributed by atoms with E-state index in [-0.39, 0.29) is 34.7 Å². The van der Waals surface area contributed by atoms with Crippen LogP contribution in [0.25, 0.3) is 0 Å². The van der Waals surface area contributed by atoms with Gasteiger partial charge in [-0.1, -0.05) is 55.2 Å². The molecule has 0 fully saturated rings. The molecule has 37 heavy (non-hydrogen) atoms. The van der Waals surface area contributed by atoms with Gasteiger partial charge in [-0.2, -0.15) is 12.7 Å². The first-order valence-corrected chi connectivity index (χ1v) is 14.0. The van der Waals surface area contributed by atoms with Crippen LogP contribution in [0.3, 0.4) is 0 Å². The second-order valence-corrected chi connectivity index (χ2v) is 11.6. The van der Waals surface area contributed by atoms with Crippen molar-refractivity contribution in [3.8, 4) is 0 Å². The number of anilines is 1. The van der Waals surface area contributed by atoms with Crippen LogP contribution in [0.1, 0.15) is 39.2 Å². The minimum atomic E-state index is -4.28. The molecule has 0 aliphatic rings. The van der Waals surface area contributed by atoms with Gasteiger partial charge in [-0.25, -0.2) is 8.70 Å². The van der Waals surface area contributed by atoms with Crippen LogP contribution in [0, 0.1) is 5.82 Å². The summed E-state index contributed by atoms with van der Waals surface area (Å²) < 4.78 is 42.6. The highest BCUT2D eigenvalue weighted by Gasteiger charge is 2.35. The predicted molar refractivity (Wildman–Crippen MR) is 145 cm³/mol. The Morgan fingerprint density at radius 1 is 1.00 bits per heavy atom. The Kier molecular flexibility index (Phi) is 11.2. The molecule has 2 atom stereocenters. The van der Waals surface area contributed by atoms with Crippen molar-refractivity contribution < 1.29 is 22.4 Å². The van der Waals surface area contributed by atoms with E-state index in [1.807, 2.05) is 13.8 Å². The summed E-state index contributed by atoms with van der Waals surface area (Å²) in [6, 6.07) is 9.01. The monoisotopic (exact) mass is 574 g/mol. The fourth-order valence-corrected chi connectivity index (χ4v) is 5.15. The van der Waals surface area contributed by atoms with Crippen molar-refractivity contribution >= 4 is 50.9 Å². The van der Waals surface area contributed by atoms with E-state index in [1.54, 1.807) is 25.1 Å². The van der Waals surface area contributed by atoms with Crippen molar-refractivity contribution in [3.05, 3.63) is 63.9 Å². The van der Waals surface area contributed by atoms with Gasteiger partial charge in [0.15, 0.2) is 0 Å². The lowest BCUT2D eigenvalue weighted by molar-refractivity contribution is -0.140. The van der Waals surface area contributed by atoms with Crippen LogP contribution in [0.2, 0.25) is 10.0 Å². The molecule has 0 aliphatic heterocycles. The molecule has 0 saturated heterocycles. The van der Waals surface area contributed by atoms with Gasteiger partial charge in [0.25, 0.3) is 0 Å². The molecule has 0 bridgehead atoms. The highest BCUT2D eigenvalue weighted by atomic mass is 35.5. The van der Waals surface area contributed by atoms with E-state index in [2.05, 4.69) is 5.32 Å². The van der Waals surface area contributed by atoms with Crippen molar-refractivity contribution in [3.63, 3.8) is 0 Å². The van der Waals surface area contributed by atoms with E-state index >= 15 is 0 Å². The van der Waals surface area contributed by atoms with Gasteiger partial charge in [-0.3, -0.25) is 9.59 Å². The molecule has 0 spiro atoms. The minimum Gasteiger partial charge on any atom is -0.352 e. The molecule has 12 heteroatoms. The van der Waals surface area contributed by atoms with Gasteiger partial charge < -0.3 is 10.2 Å². The first kappa shape index (κ1) is 30.8. The molecule has 8 nitrogen and oxygen atoms in total. The Hall–Kier alpha value is -2.40. The number of nitrogens with one attached hydrogen (secondary N) is 1. The predicted octanol–water partition coefficient (Wildman–Crippen LogP) is 4.47. The lowest BCUT2D eigenvalue weighted by atomic mass is 10.1. The Morgan fingerprint density at radius 3 is 2.11 bits per heavy atom. The average molecular weight is 576 g/mol. The minimum absolute atomic E-state index is 0.147. The molecule has 2 rings (SSSR count). The van der Waals surface area contributed by atoms with Crippen LogP contribution in [0.15, 0.2) is 42.5 Å². The van der Waals surface area contributed by atoms with E-state index in [0.29, 0.717) is 16.3 Å². The maximum Gasteiger partial charge on any atom is 0.304 e. The molecule has 1 N–H and O–H groups in total. The van der Waals surface area contributed by atoms with Crippen molar-refractivity contribution in [1.29, 1.82) is 0 Å². The number of para-hydroxylation sites is 1. The number of carbonyl (C=O) groups is 2. The first-order valence-electron chi connectivity index (χ1n) is 11.8. The van der Waals surface area contributed by atoms with Crippen LogP contribution in [-0.4, -0.2) is 62.2 Å². The molecule has 2 aromatic carbocycles. The average Bonchev–Trinajstić information content (AvgIpc) is 2.84. The highest BCUT2D eigenvalue weighted by molar-refractivity contribution is 7.90. The highest BCUT2D eigenvalue weighted by Crippen LogP contribution is 2.28. The Bertz CT molecular complexity index is 1190. The summed E-state index contributed by atoms with van der Waals surface area (Å²) >= 11 is 12.7. The number of nitrogens with zero attached hydrogens (tertiary/aromatic N) is 3. The SMILES string of the molecule is CC[C@H](C)NC(=O)[C@H](CC)N(Cc1c(Cl)cccc1Cl)C(=O)CN(c1ccccc1F)S(=O)(=O)N(C)C. The van der Waals surface area contributed by atoms with Gasteiger partial charge in [-0.15, -0.1) is 0 Å². The molecule has 0 saturated carbocycles. The summed E-state index contributed by atoms with van der Waals surface area (Å²) in [6.07, 6.45) is 0.908. The number of hydrogen-bond donors (Lipinski definition) is 1. The second kappa shape index (κ2) is 13.4. The number of carbonyl (C=O) groups excluding carboxylic acids is 2. The molecule has 0 radical (unpaired) electrons. The fourth-order valence-electron chi connectivity index (χ4n) is 3.57. The molecule has 2 amide bonds. The summed E-state index contributed by atoms with van der Waals surface area (Å²) in [5.41, 5.74) is 0.110. The lowest BCUT2D eigenvalue weighted by Crippen LogP contribution is -2.54. The van der Waals surface area contributed by atoms with E-state index in [9.17, 15) is 22.4 Å². The lowest BCUT2D eigenvalue weighted by Gasteiger charge is -2.34. The van der Waals surface area contributed by atoms with Crippen LogP contribution in [0.4, 0.5) is 10.1 Å². The van der Waals surface area contributed by atoms with Crippen LogP contribution in [0.5, 0.6) is 0 Å². The van der Waals surface area contributed by atoms with Crippen LogP contribution in [-0.2, 0) is 26.3 Å². The Labute approximate surface area is 228 Å². The van der Waals surface area contributed by atoms with E-state index in [0.717, 1.165) is 10.4 Å². The normalized spacial score (nSPS) is 13.2. The zero-order valence-corrected chi connectivity index (χ0v) is 23.9. The van der Waals surface area contributed by atoms with E-state index in [1.165, 1.54) is 37.2 Å². The third-order valence-electron chi connectivity index (χ3n) is 5.92. The quantitative estimate of drug-likeness (QED) is 0.405. The Morgan fingerprint density at radius 2 is 1.59 bits per heavy atom. The molecule has 0 aliphatic carbocycles. The standard InChI is InChI=1S/C25H33Cl2FN4O4S/c1-6-17(3)29-25(34)22(7-2)31(15-18-19(26)11-10-12-20(18)27)24(33)16-32(37(35,36)30(4)5)23-14-9-8-13-21(23)28/h8-14,17,22H,6-7,15-16H2,1-5H3,(H,29,34)/t17-,22-/m0/s1. The van der Waals surface area contributed by atoms with Gasteiger partial charge in [0.2, 0.25) is 11.8 Å². The number of halogens is 3. The number of rotatable bonds is 12. The number of benzene rings is 2. The zero-order chi connectivity index (χ0) is 27.9. The number of hydrogen-bond acceptors (Lipinski definition) is 4. The number of amides is 2. The Balaban J connectivity index is 2.58. The van der Waals surface area contributed by atoms with Gasteiger partial charge in [0.05, 0.1) is 5.69 Å². The van der Waals surface area contributed by atoms with Crippen LogP contribution >= 0.6 is 23.2 Å². The maximum atomic E-state index is 14.7. The van der Waals surface area contributed by atoms with Gasteiger partial charge in [-0.05, 0) is 44.0 Å². The summed E-state index contributed by atoms with van der Waals surface area (Å²) in [5, 5.41) is 3.45. The van der Waals surface area contributed by atoms with E-state index < -0.39 is 40.4 Å². The summed E-state index contributed by atoms with van der Waals surface area (Å²) in [4.78, 5) is 28.2. The van der Waals surface area contributed by atoms with E-state index in [4.69, 9.17) is 23.2 Å². The van der Waals surface area contributed by atoms with Crippen LogP contribution < -0.4 is 9.62 Å². The van der Waals surface area contributed by atoms with Gasteiger partial charge in [0.1, 0.15) is 18.4 Å². The summed E-state index contributed by atoms with van der Waals surface area (Å²) in [7, 11) is -1.72. The summed E-state index contributed by atoms with van der Waals surface area (Å²) in [5.74, 6) is -1.94. The maximum absolute atomic E-state index is 14.7. The largest absolute Gasteiger partial charge is 0.352 e. The molecule has 2 aromatic rings. The van der Waals surface area contributed by atoms with Crippen molar-refractivity contribution in [2.24, 2.45) is 0 Å². The topological polar surface area (TPSA) is 90.0 Å². The molecule has 0 aromatic heterocycles. The van der Waals surface area contributed by atoms with Crippen molar-refractivity contribution in [2.75, 3.05) is 24.9 Å². The van der Waals surface area contributed by atoms with Gasteiger partial charge in [0, 0.05) is 42.3 Å². The second-order valence-electron chi connectivity index (χ2n) is 8.71. The van der Waals surface area contributed by atoms with Crippen molar-refractivity contribution in [1.82, 2.24) is 14.5 Å². The molecule has 0 heterocycles. The molecule has 204 valence electrons. The molecular weight excluding hydrogens is 542 g/mol. The van der Waals surface area contributed by atoms with Crippen molar-refractivity contribution in [2.45, 2.75) is 52.2 Å². The molecule has 0 unspecified atom stereocenters. The fraction of sp³-hybridized carbons (Fsp3) is 0.440. The van der Waals surface area contributed by atoms with Gasteiger partial charge >= 0.3 is 10.2 Å². The smallest absolute Gasteiger partial charge is 0.304 e. The third-order valence-corrected chi connectivity index (χ3v) is 8.43.